The fraction of sp³-hybridized carbons (Fsp3) is 0.550. The van der Waals surface area contributed by atoms with Crippen LogP contribution in [0.4, 0.5) is 26.3 Å². The maximum atomic E-state index is 13.1. The average Bonchev–Trinajstić information content (AvgIpc) is 3.51. The van der Waals surface area contributed by atoms with Gasteiger partial charge in [0.1, 0.15) is 5.82 Å². The number of hydrogen-bond donors (Lipinski definition) is 0. The van der Waals surface area contributed by atoms with Crippen LogP contribution in [0.25, 0.3) is 0 Å². The Hall–Kier alpha value is -2.79. The van der Waals surface area contributed by atoms with Gasteiger partial charge in [0.25, 0.3) is 5.91 Å². The van der Waals surface area contributed by atoms with Gasteiger partial charge >= 0.3 is 18.0 Å². The summed E-state index contributed by atoms with van der Waals surface area (Å²) < 4.78 is 81.5. The van der Waals surface area contributed by atoms with Crippen molar-refractivity contribution in [1.82, 2.24) is 19.2 Å². The van der Waals surface area contributed by atoms with E-state index in [1.165, 1.54) is 9.58 Å². The molecule has 0 unspecified atom stereocenters. The van der Waals surface area contributed by atoms with Gasteiger partial charge in [0.2, 0.25) is 0 Å². The summed E-state index contributed by atoms with van der Waals surface area (Å²) in [7, 11) is 1.55. The number of rotatable bonds is 3. The van der Waals surface area contributed by atoms with Crippen molar-refractivity contribution in [3.05, 3.63) is 51.2 Å². The van der Waals surface area contributed by atoms with Gasteiger partial charge < -0.3 is 4.90 Å². The van der Waals surface area contributed by atoms with Crippen LogP contribution in [-0.2, 0) is 19.4 Å². The number of aromatic nitrogens is 3. The van der Waals surface area contributed by atoms with Crippen molar-refractivity contribution in [3.8, 4) is 0 Å². The highest BCUT2D eigenvalue weighted by molar-refractivity contribution is 5.94. The van der Waals surface area contributed by atoms with Crippen LogP contribution in [0.5, 0.6) is 0 Å². The Balaban J connectivity index is 1.54. The first kappa shape index (κ1) is 22.4. The molecule has 6 nitrogen and oxygen atoms in total. The Morgan fingerprint density at radius 1 is 0.938 bits per heavy atom. The van der Waals surface area contributed by atoms with E-state index in [1.54, 1.807) is 11.6 Å². The zero-order chi connectivity index (χ0) is 23.4. The van der Waals surface area contributed by atoms with Crippen LogP contribution >= 0.6 is 0 Å². The van der Waals surface area contributed by atoms with Gasteiger partial charge in [0, 0.05) is 37.7 Å². The quantitative estimate of drug-likeness (QED) is 0.649. The van der Waals surface area contributed by atoms with E-state index in [2.05, 4.69) is 5.10 Å². The standard InChI is InChI=1S/C20H20F6N4O2/c1-28-18(32)30(15-2-3-15)16(27-28)11-4-6-29(7-5-11)17(31)12-8-13(19(21,22)23)10-14(9-12)20(24,25)26/h8-11,15H,2-7H2,1H3. The van der Waals surface area contributed by atoms with E-state index >= 15 is 0 Å². The van der Waals surface area contributed by atoms with E-state index in [4.69, 9.17) is 0 Å². The Labute approximate surface area is 178 Å². The second-order valence-corrected chi connectivity index (χ2v) is 8.23. The Bertz CT molecular complexity index is 1060. The van der Waals surface area contributed by atoms with Crippen LogP contribution in [-0.4, -0.2) is 38.2 Å². The normalized spacial score (nSPS) is 18.3. The third-order valence-corrected chi connectivity index (χ3v) is 5.88. The second-order valence-electron chi connectivity index (χ2n) is 8.23. The molecule has 2 fully saturated rings. The fourth-order valence-electron chi connectivity index (χ4n) is 4.05. The number of likely N-dealkylation sites (tertiary alicyclic amines) is 1. The van der Waals surface area contributed by atoms with E-state index in [0.717, 1.165) is 12.8 Å². The van der Waals surface area contributed by atoms with Crippen LogP contribution in [0.1, 0.15) is 65.0 Å². The predicted molar refractivity (Wildman–Crippen MR) is 100 cm³/mol. The van der Waals surface area contributed by atoms with Gasteiger partial charge in [-0.3, -0.25) is 9.36 Å². The van der Waals surface area contributed by atoms with Gasteiger partial charge in [-0.2, -0.15) is 31.4 Å². The van der Waals surface area contributed by atoms with Crippen LogP contribution in [0.15, 0.2) is 23.0 Å². The molecule has 1 saturated carbocycles. The highest BCUT2D eigenvalue weighted by Crippen LogP contribution is 2.39. The molecule has 2 aliphatic rings. The minimum absolute atomic E-state index is 0.00122. The topological polar surface area (TPSA) is 60.1 Å². The molecule has 32 heavy (non-hydrogen) atoms. The van der Waals surface area contributed by atoms with Gasteiger partial charge in [-0.15, -0.1) is 0 Å². The summed E-state index contributed by atoms with van der Waals surface area (Å²) in [6.45, 7) is 0.271. The van der Waals surface area contributed by atoms with E-state index < -0.39 is 35.0 Å². The average molecular weight is 462 g/mol. The third kappa shape index (κ3) is 4.26. The number of aryl methyl sites for hydroxylation is 1. The summed E-state index contributed by atoms with van der Waals surface area (Å²) >= 11 is 0. The van der Waals surface area contributed by atoms with Crippen molar-refractivity contribution in [1.29, 1.82) is 0 Å². The molecule has 0 N–H and O–H groups in total. The molecule has 1 amide bonds. The zero-order valence-corrected chi connectivity index (χ0v) is 17.0. The van der Waals surface area contributed by atoms with Crippen LogP contribution < -0.4 is 5.69 Å². The Morgan fingerprint density at radius 2 is 1.47 bits per heavy atom. The number of carbonyl (C=O) groups excluding carboxylic acids is 1. The number of amides is 1. The van der Waals surface area contributed by atoms with Gasteiger partial charge in [0.05, 0.1) is 11.1 Å². The molecule has 1 aromatic carbocycles. The van der Waals surface area contributed by atoms with Crippen molar-refractivity contribution in [2.45, 2.75) is 50.0 Å². The first-order valence-corrected chi connectivity index (χ1v) is 10.1. The lowest BCUT2D eigenvalue weighted by Gasteiger charge is -2.32. The molecule has 2 aromatic rings. The monoisotopic (exact) mass is 462 g/mol. The molecular weight excluding hydrogens is 442 g/mol. The van der Waals surface area contributed by atoms with Gasteiger partial charge in [-0.1, -0.05) is 0 Å². The SMILES string of the molecule is Cn1nc(C2CCN(C(=O)c3cc(C(F)(F)F)cc(C(F)(F)F)c3)CC2)n(C2CC2)c1=O. The summed E-state index contributed by atoms with van der Waals surface area (Å²) in [5, 5.41) is 4.31. The van der Waals surface area contributed by atoms with Crippen LogP contribution in [0, 0.1) is 0 Å². The van der Waals surface area contributed by atoms with Crippen molar-refractivity contribution in [2.24, 2.45) is 7.05 Å². The smallest absolute Gasteiger partial charge is 0.339 e. The molecule has 4 rings (SSSR count). The molecule has 1 aliphatic heterocycles. The zero-order valence-electron chi connectivity index (χ0n) is 17.0. The van der Waals surface area contributed by atoms with E-state index in [-0.39, 0.29) is 36.8 Å². The molecule has 1 saturated heterocycles. The van der Waals surface area contributed by atoms with Gasteiger partial charge in [-0.25, -0.2) is 9.48 Å². The number of benzene rings is 1. The number of nitrogens with zero attached hydrogens (tertiary/aromatic N) is 4. The number of hydrogen-bond acceptors (Lipinski definition) is 3. The summed E-state index contributed by atoms with van der Waals surface area (Å²) in [6.07, 6.45) is -7.47. The van der Waals surface area contributed by atoms with E-state index in [9.17, 15) is 35.9 Å². The van der Waals surface area contributed by atoms with Crippen molar-refractivity contribution in [3.63, 3.8) is 0 Å². The van der Waals surface area contributed by atoms with Crippen LogP contribution in [0.3, 0.4) is 0 Å². The highest BCUT2D eigenvalue weighted by atomic mass is 19.4. The molecule has 2 heterocycles. The number of piperidine rings is 1. The minimum Gasteiger partial charge on any atom is -0.339 e. The molecule has 1 aliphatic carbocycles. The number of halogens is 6. The van der Waals surface area contributed by atoms with Gasteiger partial charge in [-0.05, 0) is 43.9 Å². The number of carbonyl (C=O) groups is 1. The summed E-state index contributed by atoms with van der Waals surface area (Å²) in [5.41, 5.74) is -3.91. The summed E-state index contributed by atoms with van der Waals surface area (Å²) in [4.78, 5) is 26.3. The van der Waals surface area contributed by atoms with Crippen molar-refractivity contribution < 1.29 is 31.1 Å². The second kappa shape index (κ2) is 7.66. The Kier molecular flexibility index (Phi) is 5.36. The largest absolute Gasteiger partial charge is 0.416 e. The van der Waals surface area contributed by atoms with Crippen molar-refractivity contribution in [2.75, 3.05) is 13.1 Å². The van der Waals surface area contributed by atoms with Crippen LogP contribution in [0.2, 0.25) is 0 Å². The predicted octanol–water partition coefficient (Wildman–Crippen LogP) is 3.97. The Morgan fingerprint density at radius 3 is 1.94 bits per heavy atom. The molecule has 12 heteroatoms. The molecule has 0 radical (unpaired) electrons. The maximum absolute atomic E-state index is 13.1. The van der Waals surface area contributed by atoms with Gasteiger partial charge in [0.15, 0.2) is 0 Å². The maximum Gasteiger partial charge on any atom is 0.416 e. The third-order valence-electron chi connectivity index (χ3n) is 5.88. The molecule has 0 atom stereocenters. The summed E-state index contributed by atoms with van der Waals surface area (Å²) in [5.74, 6) is -0.396. The molecule has 1 aromatic heterocycles. The minimum atomic E-state index is -5.02. The highest BCUT2D eigenvalue weighted by Gasteiger charge is 2.39. The lowest BCUT2D eigenvalue weighted by atomic mass is 9.95. The fourth-order valence-corrected chi connectivity index (χ4v) is 4.05. The first-order chi connectivity index (χ1) is 14.9. The lowest BCUT2D eigenvalue weighted by Crippen LogP contribution is -2.38. The molecule has 0 bridgehead atoms. The molecule has 0 spiro atoms. The summed E-state index contributed by atoms with van der Waals surface area (Å²) in [6, 6.07) is 1.01. The van der Waals surface area contributed by atoms with E-state index in [1.807, 2.05) is 0 Å². The van der Waals surface area contributed by atoms with E-state index in [0.29, 0.717) is 30.8 Å². The number of alkyl halides is 6. The lowest BCUT2D eigenvalue weighted by molar-refractivity contribution is -0.143. The first-order valence-electron chi connectivity index (χ1n) is 10.1. The van der Waals surface area contributed by atoms with Crippen molar-refractivity contribution >= 4 is 5.91 Å². The molecule has 174 valence electrons. The molecular formula is C20H20F6N4O2.